The Balaban J connectivity index is 1.68. The summed E-state index contributed by atoms with van der Waals surface area (Å²) in [7, 11) is 3.20. The second-order valence-electron chi connectivity index (χ2n) is 12.3. The molecule has 2 aromatic carbocycles. The van der Waals surface area contributed by atoms with E-state index in [0.717, 1.165) is 16.7 Å². The zero-order valence-electron chi connectivity index (χ0n) is 23.1. The van der Waals surface area contributed by atoms with Gasteiger partial charge in [0.2, 0.25) is 5.78 Å². The van der Waals surface area contributed by atoms with Gasteiger partial charge in [-0.15, -0.1) is 0 Å². The number of aliphatic hydroxyl groups is 3. The number of primary amides is 1. The number of carbonyl (C=O) groups excluding carboxylic acids is 3. The van der Waals surface area contributed by atoms with E-state index in [1.165, 1.54) is 11.0 Å². The molecule has 0 saturated heterocycles. The lowest BCUT2D eigenvalue weighted by Gasteiger charge is -2.50. The molecule has 9 heteroatoms. The highest BCUT2D eigenvalue weighted by molar-refractivity contribution is 6.24. The van der Waals surface area contributed by atoms with Crippen LogP contribution in [0, 0.1) is 11.8 Å². The van der Waals surface area contributed by atoms with Crippen molar-refractivity contribution in [2.24, 2.45) is 17.6 Å². The number of rotatable bonds is 3. The van der Waals surface area contributed by atoms with E-state index >= 15 is 0 Å². The van der Waals surface area contributed by atoms with Gasteiger partial charge in [0.1, 0.15) is 22.8 Å². The van der Waals surface area contributed by atoms with Crippen LogP contribution in [0.5, 0.6) is 5.75 Å². The number of Topliss-reactive ketones (excluding diaryl/α,β-unsaturated/α-hetero) is 2. The number of allylic oxidation sites excluding steroid dienone is 1. The summed E-state index contributed by atoms with van der Waals surface area (Å²) in [5.41, 5.74) is 5.03. The van der Waals surface area contributed by atoms with Crippen molar-refractivity contribution in [3.8, 4) is 16.9 Å². The zero-order valence-corrected chi connectivity index (χ0v) is 23.1. The molecule has 9 nitrogen and oxygen atoms in total. The molecule has 3 aliphatic rings. The minimum absolute atomic E-state index is 0.00169. The molecule has 0 saturated carbocycles. The quantitative estimate of drug-likeness (QED) is 0.367. The second-order valence-corrected chi connectivity index (χ2v) is 12.3. The Morgan fingerprint density at radius 3 is 2.20 bits per heavy atom. The third-order valence-electron chi connectivity index (χ3n) is 8.67. The third kappa shape index (κ3) is 3.79. The molecule has 6 N–H and O–H groups in total. The molecule has 0 bridgehead atoms. The van der Waals surface area contributed by atoms with E-state index < -0.39 is 58.0 Å². The van der Waals surface area contributed by atoms with E-state index in [-0.39, 0.29) is 35.1 Å². The SMILES string of the molecule is CN(C)[C@@H]1C(O)=C(C(N)=O)C(=O)[C@@]2(O)C(O)=C3C(=O)c4c(O)ccc(-c5ccc(C(C)(C)C)cc5)c4C[C@H]3C[C@@H]12. The van der Waals surface area contributed by atoms with Crippen LogP contribution < -0.4 is 5.73 Å². The van der Waals surface area contributed by atoms with E-state index in [2.05, 4.69) is 20.8 Å². The normalized spacial score (nSPS) is 26.5. The smallest absolute Gasteiger partial charge is 0.255 e. The molecule has 0 aromatic heterocycles. The fourth-order valence-electron chi connectivity index (χ4n) is 6.67. The fourth-order valence-corrected chi connectivity index (χ4v) is 6.67. The van der Waals surface area contributed by atoms with Crippen molar-refractivity contribution in [3.05, 3.63) is 75.8 Å². The summed E-state index contributed by atoms with van der Waals surface area (Å²) in [6.07, 6.45) is 0.281. The van der Waals surface area contributed by atoms with E-state index in [0.29, 0.717) is 5.56 Å². The molecule has 5 rings (SSSR count). The van der Waals surface area contributed by atoms with Gasteiger partial charge in [-0.05, 0) is 66.6 Å². The molecule has 0 radical (unpaired) electrons. The first-order chi connectivity index (χ1) is 18.6. The molecule has 4 atom stereocenters. The van der Waals surface area contributed by atoms with Gasteiger partial charge in [-0.25, -0.2) is 0 Å². The molecular weight excluding hydrogens is 512 g/mol. The van der Waals surface area contributed by atoms with Crippen LogP contribution >= 0.6 is 0 Å². The van der Waals surface area contributed by atoms with Gasteiger partial charge in [-0.1, -0.05) is 51.1 Å². The highest BCUT2D eigenvalue weighted by atomic mass is 16.3. The standard InChI is InChI=1S/C31H34N2O7/c1-30(2,3)16-8-6-14(7-9-16)17-10-11-20(34)22-18(17)12-15-13-19-24(33(4)5)26(36)23(29(32)39)28(38)31(19,40)27(37)21(15)25(22)35/h6-11,15,19,24,34,36-37,40H,12-13H2,1-5H3,(H2,32,39)/t15-,19-,24-,31-/m0/s1. The summed E-state index contributed by atoms with van der Waals surface area (Å²) in [4.78, 5) is 41.0. The van der Waals surface area contributed by atoms with E-state index in [9.17, 15) is 34.8 Å². The molecule has 210 valence electrons. The lowest BCUT2D eigenvalue weighted by atomic mass is 9.58. The number of phenolic OH excluding ortho intramolecular Hbond substituents is 1. The van der Waals surface area contributed by atoms with Crippen LogP contribution in [0.2, 0.25) is 0 Å². The van der Waals surface area contributed by atoms with Gasteiger partial charge in [0.25, 0.3) is 5.91 Å². The first kappa shape index (κ1) is 27.6. The number of aliphatic hydroxyl groups excluding tert-OH is 2. The number of amides is 1. The average Bonchev–Trinajstić information content (AvgIpc) is 2.85. The van der Waals surface area contributed by atoms with E-state index in [1.54, 1.807) is 20.2 Å². The highest BCUT2D eigenvalue weighted by Crippen LogP contribution is 2.53. The Kier molecular flexibility index (Phi) is 6.24. The van der Waals surface area contributed by atoms with Crippen LogP contribution in [0.1, 0.15) is 48.7 Å². The number of nitrogens with two attached hydrogens (primary N) is 1. The Labute approximate surface area is 232 Å². The largest absolute Gasteiger partial charge is 0.510 e. The molecule has 0 spiro atoms. The van der Waals surface area contributed by atoms with E-state index in [4.69, 9.17) is 5.73 Å². The van der Waals surface area contributed by atoms with Gasteiger partial charge >= 0.3 is 0 Å². The third-order valence-corrected chi connectivity index (χ3v) is 8.67. The molecule has 2 aromatic rings. The Morgan fingerprint density at radius 2 is 1.65 bits per heavy atom. The molecule has 3 aliphatic carbocycles. The number of phenols is 1. The maximum atomic E-state index is 13.9. The minimum Gasteiger partial charge on any atom is -0.510 e. The predicted octanol–water partition coefficient (Wildman–Crippen LogP) is 3.09. The summed E-state index contributed by atoms with van der Waals surface area (Å²) < 4.78 is 0. The van der Waals surface area contributed by atoms with Crippen molar-refractivity contribution in [1.29, 1.82) is 0 Å². The van der Waals surface area contributed by atoms with Gasteiger partial charge in [0.15, 0.2) is 11.4 Å². The summed E-state index contributed by atoms with van der Waals surface area (Å²) in [6.45, 7) is 6.35. The summed E-state index contributed by atoms with van der Waals surface area (Å²) in [5, 5.41) is 44.8. The van der Waals surface area contributed by atoms with Gasteiger partial charge in [-0.3, -0.25) is 19.3 Å². The lowest BCUT2D eigenvalue weighted by Crippen LogP contribution is -2.63. The number of carbonyl (C=O) groups is 3. The van der Waals surface area contributed by atoms with Gasteiger partial charge in [0.05, 0.1) is 11.6 Å². The lowest BCUT2D eigenvalue weighted by molar-refractivity contribution is -0.148. The summed E-state index contributed by atoms with van der Waals surface area (Å²) in [6, 6.07) is 10.1. The Hall–Kier alpha value is -3.95. The number of ketones is 2. The van der Waals surface area contributed by atoms with Gasteiger partial charge in [-0.2, -0.15) is 0 Å². The fraction of sp³-hybridized carbons (Fsp3) is 0.387. The number of aromatic hydroxyl groups is 1. The maximum Gasteiger partial charge on any atom is 0.255 e. The van der Waals surface area contributed by atoms with Crippen molar-refractivity contribution in [2.75, 3.05) is 14.1 Å². The van der Waals surface area contributed by atoms with Crippen LogP contribution in [0.4, 0.5) is 0 Å². The number of fused-ring (bicyclic) bond motifs is 3. The molecular formula is C31H34N2O7. The average molecular weight is 547 g/mol. The molecule has 0 aliphatic heterocycles. The van der Waals surface area contributed by atoms with Crippen LogP contribution in [0.3, 0.4) is 0 Å². The van der Waals surface area contributed by atoms with Crippen LogP contribution in [-0.4, -0.2) is 68.5 Å². The monoisotopic (exact) mass is 546 g/mol. The zero-order chi connectivity index (χ0) is 29.5. The second kappa shape index (κ2) is 9.04. The summed E-state index contributed by atoms with van der Waals surface area (Å²) >= 11 is 0. The number of nitrogens with zero attached hydrogens (tertiary/aromatic N) is 1. The van der Waals surface area contributed by atoms with Crippen molar-refractivity contribution >= 4 is 17.5 Å². The van der Waals surface area contributed by atoms with Gasteiger partial charge in [0, 0.05) is 11.5 Å². The topological polar surface area (TPSA) is 161 Å². The van der Waals surface area contributed by atoms with Crippen LogP contribution in [-0.2, 0) is 21.4 Å². The highest BCUT2D eigenvalue weighted by Gasteiger charge is 2.63. The first-order valence-corrected chi connectivity index (χ1v) is 13.2. The molecule has 0 unspecified atom stereocenters. The molecule has 40 heavy (non-hydrogen) atoms. The van der Waals surface area contributed by atoms with Crippen LogP contribution in [0.15, 0.2) is 59.1 Å². The molecule has 0 fully saturated rings. The Bertz CT molecular complexity index is 1530. The number of hydrogen-bond acceptors (Lipinski definition) is 8. The van der Waals surface area contributed by atoms with Crippen LogP contribution in [0.25, 0.3) is 11.1 Å². The van der Waals surface area contributed by atoms with Crippen molar-refractivity contribution in [3.63, 3.8) is 0 Å². The van der Waals surface area contributed by atoms with Crippen molar-refractivity contribution in [1.82, 2.24) is 4.90 Å². The number of benzene rings is 2. The summed E-state index contributed by atoms with van der Waals surface area (Å²) in [5.74, 6) is -6.62. The maximum absolute atomic E-state index is 13.9. The number of likely N-dealkylation sites (N-methyl/N-ethyl adjacent to an activating group) is 1. The molecule has 0 heterocycles. The van der Waals surface area contributed by atoms with E-state index in [1.807, 2.05) is 24.3 Å². The first-order valence-electron chi connectivity index (χ1n) is 13.2. The Morgan fingerprint density at radius 1 is 1.02 bits per heavy atom. The molecule has 1 amide bonds. The van der Waals surface area contributed by atoms with Gasteiger partial charge < -0.3 is 26.2 Å². The predicted molar refractivity (Wildman–Crippen MR) is 148 cm³/mol. The van der Waals surface area contributed by atoms with Crippen molar-refractivity contribution < 1.29 is 34.8 Å². The number of hydrogen-bond donors (Lipinski definition) is 5. The van der Waals surface area contributed by atoms with Crippen molar-refractivity contribution in [2.45, 2.75) is 50.7 Å². The minimum atomic E-state index is -2.65.